The standard InChI is InChI=1S/C24H22N8O2S/c1-13(33)9-16(25)12-28-24(34)15-3-2-4-17(10-15)29-23-19-7-8-35-21(19)18-6-5-14(11-20(18)30-23)22(26)31-32-27/h2-11H,12,25H2,1H3,(H,28,34)(H,29,30)(H3,26,27,31). The summed E-state index contributed by atoms with van der Waals surface area (Å²) in [4.78, 5) is 28.5. The highest BCUT2D eigenvalue weighted by Crippen LogP contribution is 2.35. The third kappa shape index (κ3) is 5.31. The summed E-state index contributed by atoms with van der Waals surface area (Å²) in [5, 5.41) is 16.5. The average molecular weight is 487 g/mol. The van der Waals surface area contributed by atoms with Crippen LogP contribution in [0.1, 0.15) is 22.8 Å². The van der Waals surface area contributed by atoms with E-state index in [4.69, 9.17) is 22.0 Å². The Kier molecular flexibility index (Phi) is 6.78. The van der Waals surface area contributed by atoms with Crippen molar-refractivity contribution in [3.63, 3.8) is 0 Å². The SMILES string of the molecule is CC(=O)C=C(N)CNC(=O)c1cccc(Nc2nc3cc(C(N)=NN=N)ccc3c3sccc23)c1. The minimum absolute atomic E-state index is 0.0695. The lowest BCUT2D eigenvalue weighted by molar-refractivity contribution is -0.112. The number of hydrogen-bond donors (Lipinski definition) is 5. The molecule has 11 heteroatoms. The van der Waals surface area contributed by atoms with Gasteiger partial charge in [-0.05, 0) is 42.6 Å². The van der Waals surface area contributed by atoms with Gasteiger partial charge in [-0.15, -0.1) is 16.4 Å². The van der Waals surface area contributed by atoms with Crippen molar-refractivity contribution in [1.29, 1.82) is 5.53 Å². The van der Waals surface area contributed by atoms with Crippen LogP contribution >= 0.6 is 11.3 Å². The van der Waals surface area contributed by atoms with E-state index in [9.17, 15) is 9.59 Å². The summed E-state index contributed by atoms with van der Waals surface area (Å²) >= 11 is 1.59. The summed E-state index contributed by atoms with van der Waals surface area (Å²) in [6.07, 6.45) is 1.28. The van der Waals surface area contributed by atoms with Crippen LogP contribution in [-0.4, -0.2) is 29.1 Å². The first-order valence-corrected chi connectivity index (χ1v) is 11.4. The first-order valence-electron chi connectivity index (χ1n) is 10.5. The summed E-state index contributed by atoms with van der Waals surface area (Å²) in [5.41, 5.74) is 21.2. The van der Waals surface area contributed by atoms with E-state index in [1.807, 2.05) is 29.6 Å². The lowest BCUT2D eigenvalue weighted by Gasteiger charge is -2.11. The fourth-order valence-corrected chi connectivity index (χ4v) is 4.47. The number of nitrogens with zero attached hydrogens (tertiary/aromatic N) is 3. The zero-order valence-corrected chi connectivity index (χ0v) is 19.5. The number of carbonyl (C=O) groups is 2. The zero-order chi connectivity index (χ0) is 24.9. The predicted octanol–water partition coefficient (Wildman–Crippen LogP) is 4.01. The number of amides is 1. The number of hydrogen-bond acceptors (Lipinski definition) is 8. The van der Waals surface area contributed by atoms with Crippen molar-refractivity contribution < 1.29 is 9.59 Å². The third-order valence-electron chi connectivity index (χ3n) is 5.08. The molecule has 2 aromatic heterocycles. The molecule has 0 radical (unpaired) electrons. The van der Waals surface area contributed by atoms with E-state index < -0.39 is 0 Å². The second-order valence-corrected chi connectivity index (χ2v) is 8.58. The van der Waals surface area contributed by atoms with Gasteiger partial charge in [0.2, 0.25) is 0 Å². The van der Waals surface area contributed by atoms with Crippen LogP contribution in [0.3, 0.4) is 0 Å². The number of nitrogens with one attached hydrogen (secondary N) is 3. The highest BCUT2D eigenvalue weighted by atomic mass is 32.1. The molecule has 0 bridgehead atoms. The molecule has 4 aromatic rings. The third-order valence-corrected chi connectivity index (χ3v) is 6.03. The first kappa shape index (κ1) is 23.5. The minimum Gasteiger partial charge on any atom is -0.400 e. The highest BCUT2D eigenvalue weighted by molar-refractivity contribution is 7.18. The Bertz CT molecular complexity index is 1520. The number of anilines is 2. The number of carbonyl (C=O) groups excluding carboxylic acids is 2. The van der Waals surface area contributed by atoms with Gasteiger partial charge >= 0.3 is 0 Å². The lowest BCUT2D eigenvalue weighted by Crippen LogP contribution is -2.28. The maximum Gasteiger partial charge on any atom is 0.251 e. The van der Waals surface area contributed by atoms with E-state index in [0.29, 0.717) is 28.1 Å². The van der Waals surface area contributed by atoms with E-state index in [-0.39, 0.29) is 29.8 Å². The number of allylic oxidation sites excluding steroid dienone is 1. The number of aromatic nitrogens is 1. The van der Waals surface area contributed by atoms with Gasteiger partial charge in [-0.2, -0.15) is 5.53 Å². The number of benzene rings is 2. The van der Waals surface area contributed by atoms with Crippen LogP contribution in [0.2, 0.25) is 0 Å². The van der Waals surface area contributed by atoms with Crippen LogP contribution in [0.15, 0.2) is 76.0 Å². The van der Waals surface area contributed by atoms with Crippen molar-refractivity contribution in [3.8, 4) is 0 Å². The molecular weight excluding hydrogens is 464 g/mol. The van der Waals surface area contributed by atoms with Crippen LogP contribution in [0.4, 0.5) is 11.5 Å². The molecule has 0 saturated carbocycles. The van der Waals surface area contributed by atoms with Crippen molar-refractivity contribution in [2.24, 2.45) is 21.8 Å². The van der Waals surface area contributed by atoms with E-state index in [1.54, 1.807) is 35.6 Å². The van der Waals surface area contributed by atoms with Crippen molar-refractivity contribution in [2.75, 3.05) is 11.9 Å². The fourth-order valence-electron chi connectivity index (χ4n) is 3.54. The topological polar surface area (TPSA) is 172 Å². The van der Waals surface area contributed by atoms with Gasteiger partial charge in [0.1, 0.15) is 5.82 Å². The van der Waals surface area contributed by atoms with E-state index in [0.717, 1.165) is 15.5 Å². The molecule has 0 aliphatic carbocycles. The molecular formula is C24H22N8O2S. The molecule has 0 aliphatic rings. The number of rotatable bonds is 8. The molecule has 10 nitrogen and oxygen atoms in total. The van der Waals surface area contributed by atoms with E-state index in [2.05, 4.69) is 21.0 Å². The smallest absolute Gasteiger partial charge is 0.251 e. The fraction of sp³-hybridized carbons (Fsp3) is 0.0833. The molecule has 7 N–H and O–H groups in total. The second-order valence-electron chi connectivity index (χ2n) is 7.66. The van der Waals surface area contributed by atoms with Crippen molar-refractivity contribution in [2.45, 2.75) is 6.92 Å². The van der Waals surface area contributed by atoms with Crippen LogP contribution in [0.25, 0.3) is 21.0 Å². The Labute approximate surface area is 204 Å². The van der Waals surface area contributed by atoms with Crippen molar-refractivity contribution in [1.82, 2.24) is 10.3 Å². The largest absolute Gasteiger partial charge is 0.400 e. The average Bonchev–Trinajstić information content (AvgIpc) is 3.33. The van der Waals surface area contributed by atoms with Gasteiger partial charge < -0.3 is 22.1 Å². The van der Waals surface area contributed by atoms with Crippen LogP contribution in [-0.2, 0) is 4.79 Å². The minimum atomic E-state index is -0.320. The second kappa shape index (κ2) is 10.1. The van der Waals surface area contributed by atoms with Crippen molar-refractivity contribution in [3.05, 3.63) is 76.8 Å². The molecule has 0 fully saturated rings. The zero-order valence-electron chi connectivity index (χ0n) is 18.7. The number of nitrogens with two attached hydrogens (primary N) is 2. The number of ketones is 1. The molecule has 176 valence electrons. The molecule has 2 heterocycles. The first-order chi connectivity index (χ1) is 16.9. The summed E-state index contributed by atoms with van der Waals surface area (Å²) in [5.74, 6) is 0.249. The van der Waals surface area contributed by atoms with Gasteiger partial charge in [0.25, 0.3) is 5.91 Å². The lowest BCUT2D eigenvalue weighted by atomic mass is 10.1. The van der Waals surface area contributed by atoms with Gasteiger partial charge in [-0.1, -0.05) is 23.4 Å². The maximum absolute atomic E-state index is 12.6. The molecule has 35 heavy (non-hydrogen) atoms. The molecule has 2 aromatic carbocycles. The highest BCUT2D eigenvalue weighted by Gasteiger charge is 2.13. The number of amidine groups is 1. The van der Waals surface area contributed by atoms with Crippen LogP contribution < -0.4 is 22.1 Å². The Hall–Kier alpha value is -4.64. The Balaban J connectivity index is 1.64. The molecule has 1 amide bonds. The van der Waals surface area contributed by atoms with E-state index >= 15 is 0 Å². The Morgan fingerprint density at radius 1 is 1.11 bits per heavy atom. The quantitative estimate of drug-likeness (QED) is 0.0827. The number of pyridine rings is 1. The van der Waals surface area contributed by atoms with Crippen molar-refractivity contribution >= 4 is 61.4 Å². The molecule has 0 saturated heterocycles. The summed E-state index contributed by atoms with van der Waals surface area (Å²) in [7, 11) is 0. The predicted molar refractivity (Wildman–Crippen MR) is 138 cm³/mol. The Morgan fingerprint density at radius 2 is 1.94 bits per heavy atom. The van der Waals surface area contributed by atoms with Gasteiger partial charge in [-0.25, -0.2) is 4.98 Å². The molecule has 0 spiro atoms. The molecule has 0 atom stereocenters. The number of thiophene rings is 1. The van der Waals surface area contributed by atoms with Gasteiger partial charge in [0, 0.05) is 44.1 Å². The molecule has 0 aliphatic heterocycles. The molecule has 4 rings (SSSR count). The van der Waals surface area contributed by atoms with Crippen LogP contribution in [0.5, 0.6) is 0 Å². The van der Waals surface area contributed by atoms with Crippen LogP contribution in [0, 0.1) is 5.53 Å². The number of fused-ring (bicyclic) bond motifs is 3. The van der Waals surface area contributed by atoms with Gasteiger partial charge in [0.05, 0.1) is 12.1 Å². The summed E-state index contributed by atoms with van der Waals surface area (Å²) in [6.45, 7) is 1.46. The molecule has 0 unspecified atom stereocenters. The van der Waals surface area contributed by atoms with Gasteiger partial charge in [0.15, 0.2) is 11.6 Å². The summed E-state index contributed by atoms with van der Waals surface area (Å²) < 4.78 is 1.05. The van der Waals surface area contributed by atoms with E-state index in [1.165, 1.54) is 13.0 Å². The van der Waals surface area contributed by atoms with Gasteiger partial charge in [-0.3, -0.25) is 9.59 Å². The Morgan fingerprint density at radius 3 is 2.71 bits per heavy atom. The normalized spacial score (nSPS) is 12.0. The maximum atomic E-state index is 12.6. The monoisotopic (exact) mass is 486 g/mol. The summed E-state index contributed by atoms with van der Waals surface area (Å²) in [6, 6.07) is 14.5.